The van der Waals surface area contributed by atoms with Gasteiger partial charge in [-0.25, -0.2) is 28.3 Å². The summed E-state index contributed by atoms with van der Waals surface area (Å²) in [4.78, 5) is 72.5. The highest BCUT2D eigenvalue weighted by Crippen LogP contribution is 2.40. The van der Waals surface area contributed by atoms with E-state index in [2.05, 4.69) is 66.7 Å². The first kappa shape index (κ1) is 68.2. The Labute approximate surface area is 579 Å². The molecule has 7 heterocycles. The maximum absolute atomic E-state index is 14.9. The second-order valence-electron chi connectivity index (χ2n) is 24.7. The SMILES string of the molecule is CC(C)N1CCN(CC#Cc2ccc(OCCCc3sc(N4CCc5cccc(C(=O)NC6Nc7ccccc7S6)c5C4)nc3C(=O)O)c(F)c2)CC1.CC(C)c1ccc(OCCCc2sc(N3CCc4cccc(C(=O)NC5Nc6ccccc6S5)c4C3)nc2C(=O)O)c(F)c1. The van der Waals surface area contributed by atoms with E-state index in [1.54, 1.807) is 41.7 Å². The van der Waals surface area contributed by atoms with Gasteiger partial charge in [0.2, 0.25) is 0 Å². The number of carboxylic acids is 2. The number of rotatable bonds is 21. The van der Waals surface area contributed by atoms with Crippen LogP contribution in [0.4, 0.5) is 30.4 Å². The summed E-state index contributed by atoms with van der Waals surface area (Å²) >= 11 is 5.82. The zero-order valence-electron chi connectivity index (χ0n) is 54.3. The molecule has 1 saturated heterocycles. The van der Waals surface area contributed by atoms with E-state index in [4.69, 9.17) is 9.47 Å². The first-order valence-corrected chi connectivity index (χ1v) is 36.0. The fraction of sp³-hybridized carbons (Fsp3) is 0.342. The molecule has 2 unspecified atom stereocenters. The molecular formula is C73H76F2N10O8S4. The summed E-state index contributed by atoms with van der Waals surface area (Å²) in [6, 6.07) is 37.7. The van der Waals surface area contributed by atoms with Gasteiger partial charge < -0.3 is 50.8 Å². The third-order valence-electron chi connectivity index (χ3n) is 17.6. The van der Waals surface area contributed by atoms with Gasteiger partial charge in [-0.2, -0.15) is 0 Å². The number of anilines is 4. The molecule has 8 aromatic rings. The number of ether oxygens (including phenoxy) is 2. The van der Waals surface area contributed by atoms with Crippen LogP contribution in [-0.4, -0.2) is 130 Å². The molecular weight excluding hydrogens is 1310 g/mol. The molecule has 2 amide bonds. The molecule has 97 heavy (non-hydrogen) atoms. The van der Waals surface area contributed by atoms with Gasteiger partial charge in [0.15, 0.2) is 55.8 Å². The summed E-state index contributed by atoms with van der Waals surface area (Å²) in [5.74, 6) is 3.41. The van der Waals surface area contributed by atoms with Crippen molar-refractivity contribution in [1.82, 2.24) is 30.4 Å². The summed E-state index contributed by atoms with van der Waals surface area (Å²) < 4.78 is 40.7. The van der Waals surface area contributed by atoms with Gasteiger partial charge in [0.05, 0.1) is 31.1 Å². The molecule has 6 N–H and O–H groups in total. The second kappa shape index (κ2) is 31.2. The molecule has 5 aliphatic heterocycles. The molecule has 13 rings (SSSR count). The van der Waals surface area contributed by atoms with Crippen LogP contribution < -0.4 is 40.5 Å². The van der Waals surface area contributed by atoms with Crippen molar-refractivity contribution in [3.05, 3.63) is 199 Å². The Morgan fingerprint density at radius 1 is 0.619 bits per heavy atom. The van der Waals surface area contributed by atoms with Crippen LogP contribution in [0.25, 0.3) is 0 Å². The van der Waals surface area contributed by atoms with E-state index in [9.17, 15) is 38.2 Å². The van der Waals surface area contributed by atoms with Crippen LogP contribution >= 0.6 is 46.2 Å². The molecule has 18 nitrogen and oxygen atoms in total. The van der Waals surface area contributed by atoms with Crippen molar-refractivity contribution in [1.29, 1.82) is 0 Å². The number of aryl methyl sites for hydroxylation is 2. The molecule has 0 spiro atoms. The molecule has 2 aromatic heterocycles. The number of aromatic carboxylic acids is 2. The number of carboxylic acid groups (broad SMARTS) is 2. The summed E-state index contributed by atoms with van der Waals surface area (Å²) in [7, 11) is 0. The molecule has 2 atom stereocenters. The van der Waals surface area contributed by atoms with Gasteiger partial charge in [0.25, 0.3) is 11.8 Å². The molecule has 0 aliphatic carbocycles. The van der Waals surface area contributed by atoms with Crippen molar-refractivity contribution in [2.75, 3.05) is 79.5 Å². The van der Waals surface area contributed by atoms with E-state index in [1.165, 1.54) is 34.8 Å². The number of fused-ring (bicyclic) bond motifs is 4. The summed E-state index contributed by atoms with van der Waals surface area (Å²) in [5, 5.41) is 34.0. The van der Waals surface area contributed by atoms with Gasteiger partial charge in [0, 0.05) is 94.6 Å². The number of amides is 2. The third kappa shape index (κ3) is 16.7. The number of hydrogen-bond donors (Lipinski definition) is 6. The first-order chi connectivity index (χ1) is 47.0. The standard InChI is InChI=1S/C40H43FN6O4S2.C33H33FN4O4S2/c1-26(2)46-21-19-45(20-22-46)17-6-8-27-14-15-33(31(41)24-27)51-23-7-13-35-36(38(49)50)43-40(53-35)47-18-16-28-9-5-10-29(30(28)25-47)37(48)44-39-42-32-11-3-4-12-34(32)52-39;1-19(2)21-12-13-26(24(34)17-21)42-16-6-11-28-29(31(40)41)36-33(44-28)38-15-14-20-7-5-8-22(23(20)18-38)30(39)37-32-35-25-9-3-4-10-27(25)43-32/h3-5,9-12,14-15,24,26,39,42H,7,13,16-23,25H2,1-2H3,(H,44,48)(H,49,50);3-5,7-10,12-13,17,19,32,35H,6,11,14-16,18H2,1-2H3,(H,37,39)(H,40,41). The van der Waals surface area contributed by atoms with Gasteiger partial charge in [-0.05, 0) is 153 Å². The molecule has 1 fully saturated rings. The molecule has 6 aromatic carbocycles. The van der Waals surface area contributed by atoms with Crippen LogP contribution in [0.1, 0.15) is 131 Å². The molecule has 0 saturated carbocycles. The number of carbonyl (C=O) groups excluding carboxylic acids is 2. The zero-order chi connectivity index (χ0) is 67.7. The average molecular weight is 1390 g/mol. The highest BCUT2D eigenvalue weighted by Gasteiger charge is 2.32. The number of para-hydroxylation sites is 2. The predicted molar refractivity (Wildman–Crippen MR) is 379 cm³/mol. The Balaban J connectivity index is 0.000000188. The second-order valence-corrected chi connectivity index (χ2v) is 29.1. The predicted octanol–water partition coefficient (Wildman–Crippen LogP) is 13.1. The van der Waals surface area contributed by atoms with Crippen molar-refractivity contribution in [3.63, 3.8) is 0 Å². The van der Waals surface area contributed by atoms with Gasteiger partial charge in [-0.3, -0.25) is 19.4 Å². The van der Waals surface area contributed by atoms with E-state index >= 15 is 0 Å². The quantitative estimate of drug-likeness (QED) is 0.0291. The number of aromatic nitrogens is 2. The van der Waals surface area contributed by atoms with E-state index in [-0.39, 0.29) is 64.8 Å². The first-order valence-electron chi connectivity index (χ1n) is 32.6. The lowest BCUT2D eigenvalue weighted by atomic mass is 9.94. The summed E-state index contributed by atoms with van der Waals surface area (Å²) in [6.07, 6.45) is 3.27. The Bertz CT molecular complexity index is 4230. The third-order valence-corrected chi connectivity index (χ3v) is 22.1. The lowest BCUT2D eigenvalue weighted by molar-refractivity contribution is 0.0679. The zero-order valence-corrected chi connectivity index (χ0v) is 57.6. The normalized spacial score (nSPS) is 16.3. The Morgan fingerprint density at radius 2 is 1.11 bits per heavy atom. The number of halogens is 2. The monoisotopic (exact) mass is 1390 g/mol. The van der Waals surface area contributed by atoms with Crippen LogP contribution in [-0.2, 0) is 38.8 Å². The van der Waals surface area contributed by atoms with E-state index in [0.29, 0.717) is 114 Å². The molecule has 5 aliphatic rings. The molecule has 0 radical (unpaired) electrons. The number of benzene rings is 6. The number of nitrogens with zero attached hydrogens (tertiary/aromatic N) is 6. The minimum atomic E-state index is -1.09. The average Bonchev–Trinajstić information content (AvgIpc) is 1.79. The smallest absolute Gasteiger partial charge is 0.355 e. The van der Waals surface area contributed by atoms with Gasteiger partial charge in [-0.1, -0.05) is 104 Å². The molecule has 24 heteroatoms. The topological polar surface area (TPSA) is 214 Å². The number of nitrogens with one attached hydrogen (secondary N) is 4. The van der Waals surface area contributed by atoms with Crippen LogP contribution in [0.15, 0.2) is 131 Å². The number of carbonyl (C=O) groups is 4. The van der Waals surface area contributed by atoms with Crippen molar-refractivity contribution in [2.24, 2.45) is 0 Å². The van der Waals surface area contributed by atoms with Crippen LogP contribution in [0.2, 0.25) is 0 Å². The largest absolute Gasteiger partial charge is 0.491 e. The Morgan fingerprint density at radius 3 is 1.58 bits per heavy atom. The number of thiazole rings is 2. The minimum absolute atomic E-state index is 0.0154. The Kier molecular flexibility index (Phi) is 22.0. The van der Waals surface area contributed by atoms with Gasteiger partial charge in [0.1, 0.15) is 0 Å². The fourth-order valence-electron chi connectivity index (χ4n) is 12.2. The van der Waals surface area contributed by atoms with Crippen LogP contribution in [0.5, 0.6) is 11.5 Å². The van der Waals surface area contributed by atoms with Crippen molar-refractivity contribution in [3.8, 4) is 23.3 Å². The van der Waals surface area contributed by atoms with Crippen molar-refractivity contribution in [2.45, 2.75) is 112 Å². The fourth-order valence-corrected chi connectivity index (χ4v) is 16.5. The van der Waals surface area contributed by atoms with Crippen LogP contribution in [0, 0.1) is 23.5 Å². The van der Waals surface area contributed by atoms with E-state index < -0.39 is 23.6 Å². The Hall–Kier alpha value is -8.70. The number of piperazine rings is 1. The lowest BCUT2D eigenvalue weighted by Gasteiger charge is -2.36. The van der Waals surface area contributed by atoms with Crippen molar-refractivity contribution >= 4 is 91.6 Å². The lowest BCUT2D eigenvalue weighted by Crippen LogP contribution is -2.48. The molecule has 0 bridgehead atoms. The number of thioether (sulfide) groups is 2. The maximum Gasteiger partial charge on any atom is 0.355 e. The van der Waals surface area contributed by atoms with Crippen molar-refractivity contribution < 1.29 is 47.6 Å². The van der Waals surface area contributed by atoms with Gasteiger partial charge in [-0.15, -0.1) is 22.7 Å². The van der Waals surface area contributed by atoms with E-state index in [0.717, 1.165) is 75.2 Å². The summed E-state index contributed by atoms with van der Waals surface area (Å²) in [5.41, 5.74) is 8.23. The maximum atomic E-state index is 14.9. The highest BCUT2D eigenvalue weighted by molar-refractivity contribution is 8.00. The number of hydrogen-bond acceptors (Lipinski definition) is 18. The van der Waals surface area contributed by atoms with Gasteiger partial charge >= 0.3 is 11.9 Å². The van der Waals surface area contributed by atoms with E-state index in [1.807, 2.05) is 115 Å². The minimum Gasteiger partial charge on any atom is -0.491 e. The molecule has 504 valence electrons. The highest BCUT2D eigenvalue weighted by atomic mass is 32.2. The van der Waals surface area contributed by atoms with Crippen LogP contribution in [0.3, 0.4) is 0 Å². The summed E-state index contributed by atoms with van der Waals surface area (Å²) in [6.45, 7) is 15.8.